The van der Waals surface area contributed by atoms with Crippen molar-refractivity contribution in [1.82, 2.24) is 24.6 Å². The lowest BCUT2D eigenvalue weighted by Gasteiger charge is -2.30. The van der Waals surface area contributed by atoms with Crippen molar-refractivity contribution >= 4 is 17.7 Å². The number of amides is 3. The van der Waals surface area contributed by atoms with E-state index in [-0.39, 0.29) is 30.8 Å². The van der Waals surface area contributed by atoms with Gasteiger partial charge in [-0.05, 0) is 36.2 Å². The number of imide groups is 1. The van der Waals surface area contributed by atoms with Crippen LogP contribution in [-0.2, 0) is 16.0 Å². The minimum atomic E-state index is -0.423. The largest absolute Gasteiger partial charge is 0.337 e. The van der Waals surface area contributed by atoms with Gasteiger partial charge in [0.1, 0.15) is 19.2 Å². The van der Waals surface area contributed by atoms with Crippen LogP contribution in [0.2, 0.25) is 0 Å². The Kier molecular flexibility index (Phi) is 5.14. The van der Waals surface area contributed by atoms with E-state index in [0.717, 1.165) is 16.2 Å². The smallest absolute Gasteiger partial charge is 0.261 e. The van der Waals surface area contributed by atoms with Gasteiger partial charge in [-0.25, -0.2) is 9.67 Å². The van der Waals surface area contributed by atoms with Crippen LogP contribution in [0.4, 0.5) is 0 Å². The van der Waals surface area contributed by atoms with Gasteiger partial charge in [0.25, 0.3) is 5.91 Å². The molecule has 0 saturated carbocycles. The summed E-state index contributed by atoms with van der Waals surface area (Å²) in [6, 6.07) is 14.4. The van der Waals surface area contributed by atoms with E-state index in [1.165, 1.54) is 6.33 Å². The fourth-order valence-corrected chi connectivity index (χ4v) is 3.49. The standard InChI is InChI=1S/C22H21N5O3/c1-15(16-7-9-18(10-8-16)27-14-23-13-24-27)25(2)21(29)12-26-20(28)11-17-5-3-4-6-19(17)22(26)30/h3-10,13-15H,11-12H2,1-2H3/t15-/m0/s1. The maximum absolute atomic E-state index is 12.8. The van der Waals surface area contributed by atoms with E-state index < -0.39 is 5.91 Å². The number of hydrogen-bond donors (Lipinski definition) is 0. The summed E-state index contributed by atoms with van der Waals surface area (Å²) in [6.07, 6.45) is 3.20. The van der Waals surface area contributed by atoms with E-state index in [9.17, 15) is 14.4 Å². The summed E-state index contributed by atoms with van der Waals surface area (Å²) in [5.74, 6) is -1.08. The Hall–Kier alpha value is -3.81. The summed E-state index contributed by atoms with van der Waals surface area (Å²) >= 11 is 0. The summed E-state index contributed by atoms with van der Waals surface area (Å²) < 4.78 is 1.65. The Labute approximate surface area is 173 Å². The van der Waals surface area contributed by atoms with Crippen molar-refractivity contribution in [2.45, 2.75) is 19.4 Å². The van der Waals surface area contributed by atoms with Crippen molar-refractivity contribution in [1.29, 1.82) is 0 Å². The van der Waals surface area contributed by atoms with Crippen molar-refractivity contribution in [3.05, 3.63) is 77.9 Å². The van der Waals surface area contributed by atoms with Crippen LogP contribution in [0, 0.1) is 0 Å². The van der Waals surface area contributed by atoms with Gasteiger partial charge in [0.05, 0.1) is 18.2 Å². The average molecular weight is 403 g/mol. The van der Waals surface area contributed by atoms with E-state index in [1.807, 2.05) is 31.2 Å². The molecule has 0 aliphatic carbocycles. The fourth-order valence-electron chi connectivity index (χ4n) is 3.49. The predicted molar refractivity (Wildman–Crippen MR) is 109 cm³/mol. The molecule has 1 aliphatic rings. The van der Waals surface area contributed by atoms with Crippen LogP contribution in [0.15, 0.2) is 61.2 Å². The topological polar surface area (TPSA) is 88.4 Å². The summed E-state index contributed by atoms with van der Waals surface area (Å²) in [6.45, 7) is 1.63. The summed E-state index contributed by atoms with van der Waals surface area (Å²) in [7, 11) is 1.67. The highest BCUT2D eigenvalue weighted by molar-refractivity contribution is 6.11. The van der Waals surface area contributed by atoms with Crippen molar-refractivity contribution in [3.8, 4) is 5.69 Å². The first kappa shape index (κ1) is 19.5. The van der Waals surface area contributed by atoms with Gasteiger partial charge in [0.2, 0.25) is 11.8 Å². The minimum Gasteiger partial charge on any atom is -0.337 e. The van der Waals surface area contributed by atoms with Crippen molar-refractivity contribution < 1.29 is 14.4 Å². The van der Waals surface area contributed by atoms with Crippen LogP contribution in [0.3, 0.4) is 0 Å². The molecule has 152 valence electrons. The molecule has 1 aliphatic heterocycles. The second kappa shape index (κ2) is 7.90. The third kappa shape index (κ3) is 3.59. The molecule has 3 aromatic rings. The Morgan fingerprint density at radius 2 is 1.87 bits per heavy atom. The molecular weight excluding hydrogens is 382 g/mol. The zero-order valence-corrected chi connectivity index (χ0v) is 16.7. The molecule has 0 spiro atoms. The van der Waals surface area contributed by atoms with Gasteiger partial charge in [-0.2, -0.15) is 5.10 Å². The molecule has 0 saturated heterocycles. The van der Waals surface area contributed by atoms with E-state index in [1.54, 1.807) is 47.2 Å². The first-order chi connectivity index (χ1) is 14.5. The van der Waals surface area contributed by atoms with E-state index in [2.05, 4.69) is 10.1 Å². The monoisotopic (exact) mass is 403 g/mol. The van der Waals surface area contributed by atoms with Gasteiger partial charge in [-0.1, -0.05) is 30.3 Å². The summed E-state index contributed by atoms with van der Waals surface area (Å²) in [5.41, 5.74) is 2.96. The number of likely N-dealkylation sites (N-methyl/N-ethyl adjacent to an activating group) is 1. The second-order valence-corrected chi connectivity index (χ2v) is 7.23. The third-order valence-electron chi connectivity index (χ3n) is 5.46. The number of nitrogens with zero attached hydrogens (tertiary/aromatic N) is 5. The summed E-state index contributed by atoms with van der Waals surface area (Å²) in [4.78, 5) is 44.5. The molecule has 30 heavy (non-hydrogen) atoms. The minimum absolute atomic E-state index is 0.123. The van der Waals surface area contributed by atoms with Gasteiger partial charge in [0.15, 0.2) is 0 Å². The van der Waals surface area contributed by atoms with Crippen LogP contribution in [0.5, 0.6) is 0 Å². The molecule has 3 amide bonds. The summed E-state index contributed by atoms with van der Waals surface area (Å²) in [5, 5.41) is 4.09. The fraction of sp³-hybridized carbons (Fsp3) is 0.227. The molecule has 1 atom stereocenters. The van der Waals surface area contributed by atoms with E-state index >= 15 is 0 Å². The lowest BCUT2D eigenvalue weighted by molar-refractivity contribution is -0.138. The molecule has 8 heteroatoms. The lowest BCUT2D eigenvalue weighted by atomic mass is 9.98. The van der Waals surface area contributed by atoms with Gasteiger partial charge in [0, 0.05) is 12.6 Å². The quantitative estimate of drug-likeness (QED) is 0.608. The Bertz CT molecular complexity index is 1090. The van der Waals surface area contributed by atoms with Crippen LogP contribution in [-0.4, -0.2) is 55.9 Å². The molecule has 0 radical (unpaired) electrons. The lowest BCUT2D eigenvalue weighted by Crippen LogP contribution is -2.48. The Balaban J connectivity index is 1.46. The van der Waals surface area contributed by atoms with Crippen LogP contribution < -0.4 is 0 Å². The van der Waals surface area contributed by atoms with E-state index in [0.29, 0.717) is 11.1 Å². The highest BCUT2D eigenvalue weighted by Crippen LogP contribution is 2.23. The van der Waals surface area contributed by atoms with Gasteiger partial charge in [-0.3, -0.25) is 19.3 Å². The molecule has 2 heterocycles. The maximum Gasteiger partial charge on any atom is 0.261 e. The number of hydrogen-bond acceptors (Lipinski definition) is 5. The van der Waals surface area contributed by atoms with Crippen molar-refractivity contribution in [2.75, 3.05) is 13.6 Å². The molecular formula is C22H21N5O3. The predicted octanol–water partition coefficient (Wildman–Crippen LogP) is 2.01. The van der Waals surface area contributed by atoms with Crippen LogP contribution in [0.1, 0.15) is 34.5 Å². The molecule has 0 N–H and O–H groups in total. The first-order valence-corrected chi connectivity index (χ1v) is 9.59. The third-order valence-corrected chi connectivity index (χ3v) is 5.46. The van der Waals surface area contributed by atoms with Gasteiger partial charge in [-0.15, -0.1) is 0 Å². The normalized spacial score (nSPS) is 14.4. The molecule has 0 bridgehead atoms. The number of fused-ring (bicyclic) bond motifs is 1. The molecule has 4 rings (SSSR count). The highest BCUT2D eigenvalue weighted by atomic mass is 16.2. The van der Waals surface area contributed by atoms with Crippen molar-refractivity contribution in [3.63, 3.8) is 0 Å². The maximum atomic E-state index is 12.8. The average Bonchev–Trinajstić information content (AvgIpc) is 3.30. The Morgan fingerprint density at radius 3 is 2.57 bits per heavy atom. The molecule has 2 aromatic carbocycles. The molecule has 8 nitrogen and oxygen atoms in total. The number of benzene rings is 2. The van der Waals surface area contributed by atoms with Gasteiger partial charge >= 0.3 is 0 Å². The highest BCUT2D eigenvalue weighted by Gasteiger charge is 2.33. The SMILES string of the molecule is C[C@@H](c1ccc(-n2cncn2)cc1)N(C)C(=O)CN1C(=O)Cc2ccccc2C1=O. The molecule has 0 unspecified atom stereocenters. The zero-order chi connectivity index (χ0) is 21.3. The molecule has 1 aromatic heterocycles. The van der Waals surface area contributed by atoms with Crippen LogP contribution in [0.25, 0.3) is 5.69 Å². The Morgan fingerprint density at radius 1 is 1.13 bits per heavy atom. The number of rotatable bonds is 5. The van der Waals surface area contributed by atoms with Crippen molar-refractivity contribution in [2.24, 2.45) is 0 Å². The zero-order valence-electron chi connectivity index (χ0n) is 16.7. The number of carbonyl (C=O) groups excluding carboxylic acids is 3. The van der Waals surface area contributed by atoms with Crippen LogP contribution >= 0.6 is 0 Å². The number of carbonyl (C=O) groups is 3. The second-order valence-electron chi connectivity index (χ2n) is 7.23. The number of aromatic nitrogens is 3. The first-order valence-electron chi connectivity index (χ1n) is 9.59. The molecule has 0 fully saturated rings. The van der Waals surface area contributed by atoms with E-state index in [4.69, 9.17) is 0 Å². The van der Waals surface area contributed by atoms with Gasteiger partial charge < -0.3 is 4.90 Å².